The molecule has 0 saturated heterocycles. The second kappa shape index (κ2) is 13.5. The minimum atomic E-state index is -0.319. The Morgan fingerprint density at radius 1 is 1.33 bits per heavy atom. The van der Waals surface area contributed by atoms with Gasteiger partial charge in [0.2, 0.25) is 0 Å². The first kappa shape index (κ1) is 14.4. The Morgan fingerprint density at radius 2 is 1.92 bits per heavy atom. The number of ether oxygens (including phenoxy) is 1. The van der Waals surface area contributed by atoms with Gasteiger partial charge in [0.15, 0.2) is 0 Å². The van der Waals surface area contributed by atoms with Crippen molar-refractivity contribution in [2.45, 2.75) is 39.7 Å². The van der Waals surface area contributed by atoms with Crippen molar-refractivity contribution in [2.24, 2.45) is 0 Å². The van der Waals surface area contributed by atoms with Gasteiger partial charge in [-0.05, 0) is 20.3 Å². The van der Waals surface area contributed by atoms with E-state index < -0.39 is 0 Å². The van der Waals surface area contributed by atoms with Gasteiger partial charge in [-0.3, -0.25) is 0 Å². The second-order valence-corrected chi connectivity index (χ2v) is 2.59. The van der Waals surface area contributed by atoms with Crippen LogP contribution in [0.1, 0.15) is 33.6 Å². The number of hydrogen-bond donors (Lipinski definition) is 2. The largest absolute Gasteiger partial charge is 0.396 e. The summed E-state index contributed by atoms with van der Waals surface area (Å²) in [5.41, 5.74) is 0. The van der Waals surface area contributed by atoms with Crippen LogP contribution in [0.15, 0.2) is 0 Å². The highest BCUT2D eigenvalue weighted by atomic mass is 16.5. The fraction of sp³-hybridized carbons (Fsp3) is 1.00. The van der Waals surface area contributed by atoms with Crippen LogP contribution in [0.5, 0.6) is 0 Å². The van der Waals surface area contributed by atoms with Crippen molar-refractivity contribution in [3.8, 4) is 0 Å². The van der Waals surface area contributed by atoms with Crippen LogP contribution in [-0.4, -0.2) is 36.1 Å². The van der Waals surface area contributed by atoms with Gasteiger partial charge >= 0.3 is 0 Å². The summed E-state index contributed by atoms with van der Waals surface area (Å²) < 4.78 is 4.84. The smallest absolute Gasteiger partial charge is 0.0745 e. The molecular weight excluding hydrogens is 156 g/mol. The third kappa shape index (κ3) is 22.5. The van der Waals surface area contributed by atoms with Crippen LogP contribution in [0.2, 0.25) is 0 Å². The lowest BCUT2D eigenvalue weighted by Crippen LogP contribution is -2.09. The molecule has 0 heterocycles. The Balaban J connectivity index is 0. The van der Waals surface area contributed by atoms with Crippen molar-refractivity contribution in [2.75, 3.05) is 19.8 Å². The Labute approximate surface area is 75.4 Å². The summed E-state index contributed by atoms with van der Waals surface area (Å²) in [4.78, 5) is 0. The fourth-order valence-corrected chi connectivity index (χ4v) is 0.447. The molecule has 1 atom stereocenters. The van der Waals surface area contributed by atoms with Crippen molar-refractivity contribution >= 4 is 0 Å². The van der Waals surface area contributed by atoms with Crippen LogP contribution in [0.25, 0.3) is 0 Å². The molecule has 0 aromatic rings. The van der Waals surface area contributed by atoms with E-state index >= 15 is 0 Å². The lowest BCUT2D eigenvalue weighted by atomic mass is 10.4. The Bertz CT molecular complexity index is 62.8. The number of unbranched alkanes of at least 4 members (excludes halogenated alkanes) is 1. The third-order valence-corrected chi connectivity index (χ3v) is 1.07. The zero-order chi connectivity index (χ0) is 9.82. The zero-order valence-electron chi connectivity index (χ0n) is 8.42. The molecule has 3 nitrogen and oxygen atoms in total. The van der Waals surface area contributed by atoms with E-state index in [2.05, 4.69) is 6.92 Å². The van der Waals surface area contributed by atoms with Gasteiger partial charge in [0, 0.05) is 13.2 Å². The van der Waals surface area contributed by atoms with Crippen LogP contribution in [0, 0.1) is 0 Å². The number of aliphatic hydroxyl groups is 2. The van der Waals surface area contributed by atoms with Gasteiger partial charge < -0.3 is 14.9 Å². The average Bonchev–Trinajstić information content (AvgIpc) is 2.03. The molecule has 0 aliphatic rings. The monoisotopic (exact) mass is 178 g/mol. The minimum Gasteiger partial charge on any atom is -0.396 e. The van der Waals surface area contributed by atoms with Gasteiger partial charge in [-0.25, -0.2) is 0 Å². The molecule has 0 radical (unpaired) electrons. The number of aliphatic hydroxyl groups excluding tert-OH is 2. The molecule has 0 aliphatic carbocycles. The van der Waals surface area contributed by atoms with Gasteiger partial charge in [-0.15, -0.1) is 0 Å². The molecular formula is C9H22O3. The van der Waals surface area contributed by atoms with E-state index in [0.717, 1.165) is 12.8 Å². The quantitative estimate of drug-likeness (QED) is 0.664. The van der Waals surface area contributed by atoms with E-state index in [-0.39, 0.29) is 6.10 Å². The number of rotatable bonds is 5. The Kier molecular flexibility index (Phi) is 16.2. The zero-order valence-corrected chi connectivity index (χ0v) is 8.42. The van der Waals surface area contributed by atoms with Crippen molar-refractivity contribution in [1.29, 1.82) is 0 Å². The molecule has 0 spiro atoms. The molecule has 0 aromatic carbocycles. The van der Waals surface area contributed by atoms with E-state index in [4.69, 9.17) is 14.9 Å². The van der Waals surface area contributed by atoms with Gasteiger partial charge in [0.05, 0.1) is 12.7 Å². The molecule has 0 aliphatic heterocycles. The molecule has 1 unspecified atom stereocenters. The van der Waals surface area contributed by atoms with E-state index in [1.54, 1.807) is 6.92 Å². The summed E-state index contributed by atoms with van der Waals surface area (Å²) in [7, 11) is 0. The maximum atomic E-state index is 8.56. The molecule has 2 N–H and O–H groups in total. The topological polar surface area (TPSA) is 49.7 Å². The average molecular weight is 178 g/mol. The lowest BCUT2D eigenvalue weighted by Gasteiger charge is -2.00. The lowest BCUT2D eigenvalue weighted by molar-refractivity contribution is 0.0527. The highest BCUT2D eigenvalue weighted by Gasteiger charge is 1.90. The predicted molar refractivity (Wildman–Crippen MR) is 50.2 cm³/mol. The van der Waals surface area contributed by atoms with Crippen molar-refractivity contribution < 1.29 is 14.9 Å². The molecule has 0 fully saturated rings. The van der Waals surface area contributed by atoms with E-state index in [0.29, 0.717) is 19.8 Å². The Morgan fingerprint density at radius 3 is 2.00 bits per heavy atom. The van der Waals surface area contributed by atoms with E-state index in [1.807, 2.05) is 6.92 Å². The van der Waals surface area contributed by atoms with Crippen molar-refractivity contribution in [3.63, 3.8) is 0 Å². The maximum Gasteiger partial charge on any atom is 0.0745 e. The van der Waals surface area contributed by atoms with Gasteiger partial charge in [0.25, 0.3) is 0 Å². The first-order valence-electron chi connectivity index (χ1n) is 4.55. The number of hydrogen-bond acceptors (Lipinski definition) is 3. The van der Waals surface area contributed by atoms with Crippen LogP contribution in [0.3, 0.4) is 0 Å². The van der Waals surface area contributed by atoms with E-state index in [9.17, 15) is 0 Å². The molecule has 0 bridgehead atoms. The molecule has 0 amide bonds. The summed E-state index contributed by atoms with van der Waals surface area (Å²) in [5.74, 6) is 0. The standard InChI is InChI=1S/C5H12O2.C4H10O/c1-3-7-4-5(2)6;1-2-3-4-5/h5-6H,3-4H2,1-2H3;5H,2-4H2,1H3. The summed E-state index contributed by atoms with van der Waals surface area (Å²) in [5, 5.41) is 16.6. The van der Waals surface area contributed by atoms with Crippen LogP contribution < -0.4 is 0 Å². The molecule has 12 heavy (non-hydrogen) atoms. The summed E-state index contributed by atoms with van der Waals surface area (Å²) >= 11 is 0. The highest BCUT2D eigenvalue weighted by molar-refractivity contribution is 4.38. The first-order chi connectivity index (χ1) is 5.68. The molecule has 0 saturated carbocycles. The maximum absolute atomic E-state index is 8.56. The molecule has 0 aromatic heterocycles. The van der Waals surface area contributed by atoms with Gasteiger partial charge in [-0.2, -0.15) is 0 Å². The SMILES string of the molecule is CCCCO.CCOCC(C)O. The Hall–Kier alpha value is -0.120. The third-order valence-electron chi connectivity index (χ3n) is 1.07. The summed E-state index contributed by atoms with van der Waals surface area (Å²) in [6.45, 7) is 7.15. The molecule has 76 valence electrons. The minimum absolute atomic E-state index is 0.319. The van der Waals surface area contributed by atoms with Crippen molar-refractivity contribution in [1.82, 2.24) is 0 Å². The van der Waals surface area contributed by atoms with Crippen LogP contribution in [-0.2, 0) is 4.74 Å². The first-order valence-corrected chi connectivity index (χ1v) is 4.55. The van der Waals surface area contributed by atoms with Crippen molar-refractivity contribution in [3.05, 3.63) is 0 Å². The van der Waals surface area contributed by atoms with Gasteiger partial charge in [-0.1, -0.05) is 13.3 Å². The van der Waals surface area contributed by atoms with E-state index in [1.165, 1.54) is 0 Å². The molecule has 3 heteroatoms. The summed E-state index contributed by atoms with van der Waals surface area (Å²) in [6.07, 6.45) is 1.72. The highest BCUT2D eigenvalue weighted by Crippen LogP contribution is 1.79. The fourth-order valence-electron chi connectivity index (χ4n) is 0.447. The molecule has 0 rings (SSSR count). The second-order valence-electron chi connectivity index (χ2n) is 2.59. The normalized spacial score (nSPS) is 11.8. The van der Waals surface area contributed by atoms with Crippen LogP contribution in [0.4, 0.5) is 0 Å². The summed E-state index contributed by atoms with van der Waals surface area (Å²) in [6, 6.07) is 0. The predicted octanol–water partition coefficient (Wildman–Crippen LogP) is 1.18. The van der Waals surface area contributed by atoms with Gasteiger partial charge in [0.1, 0.15) is 0 Å². The van der Waals surface area contributed by atoms with Crippen LogP contribution >= 0.6 is 0 Å².